The van der Waals surface area contributed by atoms with Crippen molar-refractivity contribution in [3.05, 3.63) is 35.9 Å². The minimum atomic E-state index is 0.00114. The van der Waals surface area contributed by atoms with Gasteiger partial charge in [-0.15, -0.1) is 0 Å². The normalized spacial score (nSPS) is 20.1. The van der Waals surface area contributed by atoms with Gasteiger partial charge in [0.1, 0.15) is 0 Å². The van der Waals surface area contributed by atoms with Crippen LogP contribution in [0.4, 0.5) is 0 Å². The van der Waals surface area contributed by atoms with E-state index in [1.807, 2.05) is 35.2 Å². The molecule has 1 aromatic rings. The molecule has 124 valence electrons. The van der Waals surface area contributed by atoms with Gasteiger partial charge in [-0.1, -0.05) is 18.2 Å². The average molecular weight is 315 g/mol. The van der Waals surface area contributed by atoms with Crippen molar-refractivity contribution in [1.82, 2.24) is 10.2 Å². The van der Waals surface area contributed by atoms with E-state index in [4.69, 9.17) is 5.73 Å². The number of nitrogens with two attached hydrogens (primary N) is 1. The summed E-state index contributed by atoms with van der Waals surface area (Å²) in [5.74, 6) is 0.745. The molecule has 1 unspecified atom stereocenters. The second kappa shape index (κ2) is 7.13. The first-order valence-corrected chi connectivity index (χ1v) is 8.53. The summed E-state index contributed by atoms with van der Waals surface area (Å²) < 4.78 is 0. The molecule has 1 aliphatic heterocycles. The highest BCUT2D eigenvalue weighted by Gasteiger charge is 2.31. The van der Waals surface area contributed by atoms with Gasteiger partial charge in [0.05, 0.1) is 0 Å². The van der Waals surface area contributed by atoms with Crippen LogP contribution >= 0.6 is 0 Å². The zero-order valence-electron chi connectivity index (χ0n) is 13.4. The minimum absolute atomic E-state index is 0.00114. The number of benzene rings is 1. The Morgan fingerprint density at radius 1 is 1.13 bits per heavy atom. The Labute approximate surface area is 137 Å². The van der Waals surface area contributed by atoms with Crippen LogP contribution in [0.1, 0.15) is 36.0 Å². The fourth-order valence-electron chi connectivity index (χ4n) is 3.16. The van der Waals surface area contributed by atoms with Gasteiger partial charge in [-0.25, -0.2) is 0 Å². The Morgan fingerprint density at radius 3 is 2.39 bits per heavy atom. The lowest BCUT2D eigenvalue weighted by Crippen LogP contribution is -2.45. The molecule has 3 rings (SSSR count). The van der Waals surface area contributed by atoms with E-state index in [9.17, 15) is 9.59 Å². The van der Waals surface area contributed by atoms with Crippen LogP contribution < -0.4 is 11.1 Å². The third-order valence-electron chi connectivity index (χ3n) is 4.91. The second-order valence-corrected chi connectivity index (χ2v) is 6.68. The number of carbonyl (C=O) groups excluding carboxylic acids is 2. The topological polar surface area (TPSA) is 75.4 Å². The molecule has 0 aromatic heterocycles. The van der Waals surface area contributed by atoms with Crippen LogP contribution in [0.15, 0.2) is 30.3 Å². The SMILES string of the molecule is NC(CNC(=O)C1CCN(C(=O)c2ccccc2)CC1)C1CC1. The van der Waals surface area contributed by atoms with E-state index in [1.165, 1.54) is 12.8 Å². The molecule has 23 heavy (non-hydrogen) atoms. The summed E-state index contributed by atoms with van der Waals surface area (Å²) in [6.07, 6.45) is 3.83. The highest BCUT2D eigenvalue weighted by Crippen LogP contribution is 2.31. The standard InChI is InChI=1S/C18H25N3O2/c19-16(13-6-7-13)12-20-17(22)14-8-10-21(11-9-14)18(23)15-4-2-1-3-5-15/h1-5,13-14,16H,6-12,19H2,(H,20,22). The fourth-order valence-corrected chi connectivity index (χ4v) is 3.16. The molecule has 5 heteroatoms. The van der Waals surface area contributed by atoms with Crippen molar-refractivity contribution in [2.45, 2.75) is 31.7 Å². The van der Waals surface area contributed by atoms with Gasteiger partial charge in [-0.3, -0.25) is 9.59 Å². The maximum Gasteiger partial charge on any atom is 0.253 e. The summed E-state index contributed by atoms with van der Waals surface area (Å²) in [7, 11) is 0. The Hall–Kier alpha value is -1.88. The Balaban J connectivity index is 1.44. The fraction of sp³-hybridized carbons (Fsp3) is 0.556. The van der Waals surface area contributed by atoms with Crippen LogP contribution in [-0.4, -0.2) is 42.4 Å². The first kappa shape index (κ1) is 16.0. The van der Waals surface area contributed by atoms with Gasteiger partial charge < -0.3 is 16.0 Å². The van der Waals surface area contributed by atoms with Gasteiger partial charge in [0.15, 0.2) is 0 Å². The van der Waals surface area contributed by atoms with Crippen LogP contribution in [0.2, 0.25) is 0 Å². The maximum atomic E-state index is 12.4. The Bertz CT molecular complexity index is 549. The molecule has 1 aromatic carbocycles. The van der Waals surface area contributed by atoms with Crippen molar-refractivity contribution in [2.75, 3.05) is 19.6 Å². The van der Waals surface area contributed by atoms with Gasteiger partial charge in [-0.05, 0) is 43.7 Å². The number of nitrogens with one attached hydrogen (secondary N) is 1. The zero-order valence-corrected chi connectivity index (χ0v) is 13.4. The lowest BCUT2D eigenvalue weighted by atomic mass is 9.95. The monoisotopic (exact) mass is 315 g/mol. The summed E-state index contributed by atoms with van der Waals surface area (Å²) in [6, 6.07) is 9.41. The number of carbonyl (C=O) groups is 2. The van der Waals surface area contributed by atoms with Gasteiger partial charge in [-0.2, -0.15) is 0 Å². The third-order valence-corrected chi connectivity index (χ3v) is 4.91. The molecule has 2 aliphatic rings. The molecule has 0 bridgehead atoms. The van der Waals surface area contributed by atoms with Crippen molar-refractivity contribution in [3.63, 3.8) is 0 Å². The van der Waals surface area contributed by atoms with Gasteiger partial charge in [0.2, 0.25) is 5.91 Å². The molecule has 1 saturated heterocycles. The van der Waals surface area contributed by atoms with Crippen LogP contribution in [0.5, 0.6) is 0 Å². The number of likely N-dealkylation sites (tertiary alicyclic amines) is 1. The van der Waals surface area contributed by atoms with Crippen LogP contribution in [0.25, 0.3) is 0 Å². The van der Waals surface area contributed by atoms with E-state index >= 15 is 0 Å². The smallest absolute Gasteiger partial charge is 0.253 e. The molecule has 1 heterocycles. The predicted octanol–water partition coefficient (Wildman–Crippen LogP) is 1.39. The third kappa shape index (κ3) is 4.10. The van der Waals surface area contributed by atoms with Crippen molar-refractivity contribution in [3.8, 4) is 0 Å². The highest BCUT2D eigenvalue weighted by molar-refractivity contribution is 5.94. The lowest BCUT2D eigenvalue weighted by molar-refractivity contribution is -0.126. The summed E-state index contributed by atoms with van der Waals surface area (Å²) in [5.41, 5.74) is 6.73. The van der Waals surface area contributed by atoms with E-state index in [-0.39, 0.29) is 23.8 Å². The molecule has 0 spiro atoms. The zero-order chi connectivity index (χ0) is 16.2. The van der Waals surface area contributed by atoms with Crippen LogP contribution in [-0.2, 0) is 4.79 Å². The molecule has 2 amide bonds. The van der Waals surface area contributed by atoms with E-state index in [1.54, 1.807) is 0 Å². The number of hydrogen-bond donors (Lipinski definition) is 2. The minimum Gasteiger partial charge on any atom is -0.354 e. The summed E-state index contributed by atoms with van der Waals surface area (Å²) >= 11 is 0. The van der Waals surface area contributed by atoms with Crippen molar-refractivity contribution < 1.29 is 9.59 Å². The van der Waals surface area contributed by atoms with E-state index in [2.05, 4.69) is 5.32 Å². The molecule has 3 N–H and O–H groups in total. The quantitative estimate of drug-likeness (QED) is 0.862. The van der Waals surface area contributed by atoms with E-state index in [0.29, 0.717) is 31.1 Å². The number of amides is 2. The van der Waals surface area contributed by atoms with Crippen molar-refractivity contribution in [2.24, 2.45) is 17.6 Å². The van der Waals surface area contributed by atoms with Crippen molar-refractivity contribution >= 4 is 11.8 Å². The van der Waals surface area contributed by atoms with E-state index < -0.39 is 0 Å². The molecule has 1 atom stereocenters. The van der Waals surface area contributed by atoms with E-state index in [0.717, 1.165) is 12.8 Å². The predicted molar refractivity (Wildman–Crippen MR) is 88.8 cm³/mol. The molecular formula is C18H25N3O2. The number of piperidine rings is 1. The van der Waals surface area contributed by atoms with Crippen LogP contribution in [0, 0.1) is 11.8 Å². The van der Waals surface area contributed by atoms with Gasteiger partial charge in [0, 0.05) is 37.2 Å². The van der Waals surface area contributed by atoms with Crippen LogP contribution in [0.3, 0.4) is 0 Å². The molecule has 1 saturated carbocycles. The van der Waals surface area contributed by atoms with Gasteiger partial charge in [0.25, 0.3) is 5.91 Å². The Morgan fingerprint density at radius 2 is 1.78 bits per heavy atom. The highest BCUT2D eigenvalue weighted by atomic mass is 16.2. The number of hydrogen-bond acceptors (Lipinski definition) is 3. The summed E-state index contributed by atoms with van der Waals surface area (Å²) in [5, 5.41) is 2.98. The molecule has 1 aliphatic carbocycles. The summed E-state index contributed by atoms with van der Waals surface area (Å²) in [4.78, 5) is 26.4. The number of nitrogens with zero attached hydrogens (tertiary/aromatic N) is 1. The number of rotatable bonds is 5. The lowest BCUT2D eigenvalue weighted by Gasteiger charge is -2.31. The first-order chi connectivity index (χ1) is 11.1. The second-order valence-electron chi connectivity index (χ2n) is 6.68. The average Bonchev–Trinajstić information content (AvgIpc) is 3.45. The Kier molecular flexibility index (Phi) is 4.96. The molecule has 5 nitrogen and oxygen atoms in total. The molecular weight excluding hydrogens is 290 g/mol. The largest absolute Gasteiger partial charge is 0.354 e. The first-order valence-electron chi connectivity index (χ1n) is 8.53. The summed E-state index contributed by atoms with van der Waals surface area (Å²) in [6.45, 7) is 1.85. The molecule has 2 fully saturated rings. The molecule has 0 radical (unpaired) electrons. The van der Waals surface area contributed by atoms with Gasteiger partial charge >= 0.3 is 0 Å². The van der Waals surface area contributed by atoms with Crippen molar-refractivity contribution in [1.29, 1.82) is 0 Å². The maximum absolute atomic E-state index is 12.4.